The first-order valence-corrected chi connectivity index (χ1v) is 7.34. The maximum Gasteiger partial charge on any atom is 0.237 e. The fourth-order valence-corrected chi connectivity index (χ4v) is 2.79. The van der Waals surface area contributed by atoms with Crippen LogP contribution in [0.5, 0.6) is 0 Å². The summed E-state index contributed by atoms with van der Waals surface area (Å²) in [6, 6.07) is 0.486. The average Bonchev–Trinajstić information content (AvgIpc) is 3.09. The number of primary amides is 1. The van der Waals surface area contributed by atoms with Crippen molar-refractivity contribution in [2.75, 3.05) is 19.6 Å². The van der Waals surface area contributed by atoms with Crippen molar-refractivity contribution in [3.8, 4) is 0 Å². The van der Waals surface area contributed by atoms with Gasteiger partial charge in [-0.2, -0.15) is 0 Å². The van der Waals surface area contributed by atoms with E-state index in [4.69, 9.17) is 10.5 Å². The first kappa shape index (κ1) is 14.8. The van der Waals surface area contributed by atoms with Crippen LogP contribution in [0.15, 0.2) is 0 Å². The summed E-state index contributed by atoms with van der Waals surface area (Å²) in [6.45, 7) is 8.88. The van der Waals surface area contributed by atoms with Gasteiger partial charge in [0.2, 0.25) is 5.91 Å². The third kappa shape index (κ3) is 4.16. The predicted octanol–water partition coefficient (Wildman–Crippen LogP) is 0.482. The lowest BCUT2D eigenvalue weighted by Gasteiger charge is -2.37. The van der Waals surface area contributed by atoms with Crippen molar-refractivity contribution in [2.45, 2.75) is 63.8 Å². The molecule has 1 amide bonds. The molecular weight excluding hydrogens is 242 g/mol. The maximum atomic E-state index is 11.7. The fourth-order valence-electron chi connectivity index (χ4n) is 2.79. The molecule has 0 aromatic rings. The second kappa shape index (κ2) is 5.77. The lowest BCUT2D eigenvalue weighted by molar-refractivity contribution is -0.124. The van der Waals surface area contributed by atoms with E-state index in [1.54, 1.807) is 0 Å². The van der Waals surface area contributed by atoms with E-state index in [1.165, 1.54) is 0 Å². The summed E-state index contributed by atoms with van der Waals surface area (Å²) in [7, 11) is 0. The number of nitrogens with one attached hydrogen (secondary N) is 1. The molecule has 1 saturated heterocycles. The SMILES string of the molecule is CC1CN(CCC(C)(NC2CC2)C(N)=O)CC(C)O1. The average molecular weight is 269 g/mol. The summed E-state index contributed by atoms with van der Waals surface area (Å²) in [5.74, 6) is -0.242. The number of rotatable bonds is 6. The van der Waals surface area contributed by atoms with Crippen LogP contribution in [0.4, 0.5) is 0 Å². The summed E-state index contributed by atoms with van der Waals surface area (Å²) in [6.07, 6.45) is 3.61. The zero-order chi connectivity index (χ0) is 14.0. The van der Waals surface area contributed by atoms with Crippen molar-refractivity contribution >= 4 is 5.91 Å². The molecule has 0 aromatic heterocycles. The van der Waals surface area contributed by atoms with Crippen LogP contribution in [0.1, 0.15) is 40.0 Å². The largest absolute Gasteiger partial charge is 0.373 e. The van der Waals surface area contributed by atoms with Crippen LogP contribution in [-0.4, -0.2) is 54.2 Å². The highest BCUT2D eigenvalue weighted by atomic mass is 16.5. The summed E-state index contributed by atoms with van der Waals surface area (Å²) >= 11 is 0. The van der Waals surface area contributed by atoms with E-state index in [9.17, 15) is 4.79 Å². The molecule has 110 valence electrons. The Bertz CT molecular complexity index is 323. The van der Waals surface area contributed by atoms with Gasteiger partial charge in [0.15, 0.2) is 0 Å². The van der Waals surface area contributed by atoms with Gasteiger partial charge in [0.1, 0.15) is 0 Å². The molecule has 0 bridgehead atoms. The molecule has 1 aliphatic heterocycles. The van der Waals surface area contributed by atoms with Gasteiger partial charge in [-0.1, -0.05) is 0 Å². The number of nitrogens with zero attached hydrogens (tertiary/aromatic N) is 1. The number of nitrogens with two attached hydrogens (primary N) is 1. The maximum absolute atomic E-state index is 11.7. The first-order valence-electron chi connectivity index (χ1n) is 7.34. The Labute approximate surface area is 115 Å². The molecule has 19 heavy (non-hydrogen) atoms. The van der Waals surface area contributed by atoms with Gasteiger partial charge in [0, 0.05) is 25.7 Å². The van der Waals surface area contributed by atoms with Gasteiger partial charge in [-0.05, 0) is 40.0 Å². The lowest BCUT2D eigenvalue weighted by atomic mass is 9.96. The number of carbonyl (C=O) groups excluding carboxylic acids is 1. The quantitative estimate of drug-likeness (QED) is 0.736. The van der Waals surface area contributed by atoms with Gasteiger partial charge in [-0.15, -0.1) is 0 Å². The Morgan fingerprint density at radius 1 is 1.37 bits per heavy atom. The standard InChI is InChI=1S/C14H27N3O2/c1-10-8-17(9-11(2)19-10)7-6-14(3,13(15)18)16-12-4-5-12/h10-12,16H,4-9H2,1-3H3,(H2,15,18). The fraction of sp³-hybridized carbons (Fsp3) is 0.929. The van der Waals surface area contributed by atoms with Crippen LogP contribution >= 0.6 is 0 Å². The topological polar surface area (TPSA) is 67.6 Å². The van der Waals surface area contributed by atoms with Crippen LogP contribution in [0.2, 0.25) is 0 Å². The Hall–Kier alpha value is -0.650. The molecule has 5 heteroatoms. The van der Waals surface area contributed by atoms with Crippen LogP contribution < -0.4 is 11.1 Å². The third-order valence-corrected chi connectivity index (χ3v) is 4.07. The summed E-state index contributed by atoms with van der Waals surface area (Å²) in [4.78, 5) is 14.1. The van der Waals surface area contributed by atoms with Crippen molar-refractivity contribution in [1.82, 2.24) is 10.2 Å². The molecule has 2 aliphatic rings. The number of ether oxygens (including phenoxy) is 1. The van der Waals surface area contributed by atoms with Gasteiger partial charge in [0.25, 0.3) is 0 Å². The molecule has 1 saturated carbocycles. The van der Waals surface area contributed by atoms with Crippen molar-refractivity contribution < 1.29 is 9.53 Å². The summed E-state index contributed by atoms with van der Waals surface area (Å²) in [5, 5.41) is 3.40. The van der Waals surface area contributed by atoms with Gasteiger partial charge < -0.3 is 15.8 Å². The molecule has 1 aliphatic carbocycles. The minimum Gasteiger partial charge on any atom is -0.373 e. The second-order valence-electron chi connectivity index (χ2n) is 6.38. The van der Waals surface area contributed by atoms with Gasteiger partial charge in [-0.25, -0.2) is 0 Å². The number of morpholine rings is 1. The Balaban J connectivity index is 1.85. The van der Waals surface area contributed by atoms with Crippen molar-refractivity contribution in [3.05, 3.63) is 0 Å². The normalized spacial score (nSPS) is 31.9. The van der Waals surface area contributed by atoms with Gasteiger partial charge in [-0.3, -0.25) is 9.69 Å². The van der Waals surface area contributed by atoms with E-state index < -0.39 is 5.54 Å². The van der Waals surface area contributed by atoms with E-state index >= 15 is 0 Å². The minimum atomic E-state index is -0.577. The highest BCUT2D eigenvalue weighted by molar-refractivity contribution is 5.84. The lowest BCUT2D eigenvalue weighted by Crippen LogP contribution is -2.56. The Morgan fingerprint density at radius 2 is 1.95 bits per heavy atom. The Morgan fingerprint density at radius 3 is 2.42 bits per heavy atom. The highest BCUT2D eigenvalue weighted by Crippen LogP contribution is 2.24. The molecular formula is C14H27N3O2. The Kier molecular flexibility index (Phi) is 4.48. The molecule has 3 unspecified atom stereocenters. The second-order valence-corrected chi connectivity index (χ2v) is 6.38. The highest BCUT2D eigenvalue weighted by Gasteiger charge is 2.37. The smallest absolute Gasteiger partial charge is 0.237 e. The molecule has 2 rings (SSSR count). The van der Waals surface area contributed by atoms with E-state index in [-0.39, 0.29) is 18.1 Å². The van der Waals surface area contributed by atoms with E-state index in [0.717, 1.165) is 38.9 Å². The van der Waals surface area contributed by atoms with Crippen LogP contribution in [-0.2, 0) is 9.53 Å². The molecule has 0 spiro atoms. The zero-order valence-electron chi connectivity index (χ0n) is 12.3. The number of carbonyl (C=O) groups is 1. The van der Waals surface area contributed by atoms with Crippen LogP contribution in [0.3, 0.4) is 0 Å². The zero-order valence-corrected chi connectivity index (χ0v) is 12.3. The van der Waals surface area contributed by atoms with Crippen molar-refractivity contribution in [1.29, 1.82) is 0 Å². The monoisotopic (exact) mass is 269 g/mol. The van der Waals surface area contributed by atoms with Crippen molar-refractivity contribution in [3.63, 3.8) is 0 Å². The third-order valence-electron chi connectivity index (χ3n) is 4.07. The molecule has 0 aromatic carbocycles. The van der Waals surface area contributed by atoms with E-state index in [0.29, 0.717) is 6.04 Å². The van der Waals surface area contributed by atoms with E-state index in [2.05, 4.69) is 24.1 Å². The predicted molar refractivity (Wildman–Crippen MR) is 74.8 cm³/mol. The summed E-state index contributed by atoms with van der Waals surface area (Å²) in [5.41, 5.74) is 5.00. The van der Waals surface area contributed by atoms with Crippen LogP contribution in [0, 0.1) is 0 Å². The number of hydrogen-bond donors (Lipinski definition) is 2. The van der Waals surface area contributed by atoms with Crippen LogP contribution in [0.25, 0.3) is 0 Å². The molecule has 5 nitrogen and oxygen atoms in total. The molecule has 1 heterocycles. The molecule has 2 fully saturated rings. The minimum absolute atomic E-state index is 0.242. The molecule has 3 atom stereocenters. The van der Waals surface area contributed by atoms with Crippen molar-refractivity contribution in [2.24, 2.45) is 5.73 Å². The first-order chi connectivity index (χ1) is 8.89. The number of amides is 1. The summed E-state index contributed by atoms with van der Waals surface area (Å²) < 4.78 is 5.72. The van der Waals surface area contributed by atoms with Gasteiger partial charge in [0.05, 0.1) is 17.7 Å². The van der Waals surface area contributed by atoms with E-state index in [1.807, 2.05) is 6.92 Å². The molecule has 3 N–H and O–H groups in total. The number of hydrogen-bond acceptors (Lipinski definition) is 4. The van der Waals surface area contributed by atoms with Gasteiger partial charge >= 0.3 is 0 Å². The molecule has 0 radical (unpaired) electrons.